The van der Waals surface area contributed by atoms with E-state index in [1.165, 1.54) is 12.1 Å². The minimum atomic E-state index is -1.07. The number of benzene rings is 3. The predicted octanol–water partition coefficient (Wildman–Crippen LogP) is 4.41. The molecule has 0 aromatic heterocycles. The largest absolute Gasteiger partial charge is 0.508 e. The van der Waals surface area contributed by atoms with Crippen LogP contribution in [0, 0.1) is 13.8 Å². The number of imide groups is 1. The van der Waals surface area contributed by atoms with Crippen LogP contribution >= 0.6 is 0 Å². The van der Waals surface area contributed by atoms with E-state index < -0.39 is 35.8 Å². The number of hydrogen-bond donors (Lipinski definition) is 3. The summed E-state index contributed by atoms with van der Waals surface area (Å²) in [5.74, 6) is -1.36. The molecule has 3 aromatic rings. The van der Waals surface area contributed by atoms with Crippen LogP contribution in [0.3, 0.4) is 0 Å². The standard InChI is InChI=1S/C27H27N3O4/c1-16-9-14-22(17(2)15-16)28-25(32)24(18(3)19-7-5-4-6-8-19)30-26(33)23(29-27(30)34)20-10-12-21(31)13-11-20/h4-15,18,23-24,31H,1-3H3,(H,28,32)(H,29,34)/t18?,23-,24?/m1/s1. The predicted molar refractivity (Wildman–Crippen MR) is 129 cm³/mol. The van der Waals surface area contributed by atoms with Crippen LogP contribution in [-0.4, -0.2) is 33.9 Å². The van der Waals surface area contributed by atoms with Crippen LogP contribution in [0.2, 0.25) is 0 Å². The Bertz CT molecular complexity index is 1220. The Morgan fingerprint density at radius 2 is 1.68 bits per heavy atom. The number of rotatable bonds is 6. The summed E-state index contributed by atoms with van der Waals surface area (Å²) in [6, 6.07) is 18.4. The zero-order valence-electron chi connectivity index (χ0n) is 19.3. The number of aromatic hydroxyl groups is 1. The highest BCUT2D eigenvalue weighted by molar-refractivity contribution is 6.10. The van der Waals surface area contributed by atoms with Gasteiger partial charge in [0.15, 0.2) is 0 Å². The lowest BCUT2D eigenvalue weighted by Crippen LogP contribution is -2.50. The van der Waals surface area contributed by atoms with Gasteiger partial charge in [0, 0.05) is 11.6 Å². The summed E-state index contributed by atoms with van der Waals surface area (Å²) in [6.07, 6.45) is 0. The Kier molecular flexibility index (Phi) is 6.36. The van der Waals surface area contributed by atoms with Crippen LogP contribution in [0.4, 0.5) is 10.5 Å². The maximum Gasteiger partial charge on any atom is 0.325 e. The van der Waals surface area contributed by atoms with Crippen LogP contribution in [0.25, 0.3) is 0 Å². The number of anilines is 1. The number of carbonyl (C=O) groups excluding carboxylic acids is 3. The van der Waals surface area contributed by atoms with Crippen molar-refractivity contribution in [1.82, 2.24) is 10.2 Å². The summed E-state index contributed by atoms with van der Waals surface area (Å²) in [6.45, 7) is 5.69. The number of nitrogens with zero attached hydrogens (tertiary/aromatic N) is 1. The molecule has 3 atom stereocenters. The summed E-state index contributed by atoms with van der Waals surface area (Å²) < 4.78 is 0. The van der Waals surface area contributed by atoms with Gasteiger partial charge in [0.2, 0.25) is 5.91 Å². The number of phenols is 1. The van der Waals surface area contributed by atoms with E-state index in [4.69, 9.17) is 0 Å². The Labute approximate surface area is 198 Å². The summed E-state index contributed by atoms with van der Waals surface area (Å²) in [5, 5.41) is 15.2. The third-order valence-electron chi connectivity index (χ3n) is 6.18. The minimum absolute atomic E-state index is 0.0563. The maximum atomic E-state index is 13.6. The van der Waals surface area contributed by atoms with Gasteiger partial charge in [-0.15, -0.1) is 0 Å². The van der Waals surface area contributed by atoms with Gasteiger partial charge >= 0.3 is 6.03 Å². The Morgan fingerprint density at radius 3 is 2.32 bits per heavy atom. The number of carbonyl (C=O) groups is 3. The average Bonchev–Trinajstić information content (AvgIpc) is 3.11. The summed E-state index contributed by atoms with van der Waals surface area (Å²) in [4.78, 5) is 41.1. The van der Waals surface area contributed by atoms with E-state index >= 15 is 0 Å². The molecule has 4 rings (SSSR count). The van der Waals surface area contributed by atoms with Crippen LogP contribution in [0.5, 0.6) is 5.75 Å². The molecule has 0 radical (unpaired) electrons. The fourth-order valence-electron chi connectivity index (χ4n) is 4.32. The number of amides is 4. The van der Waals surface area contributed by atoms with Gasteiger partial charge in [0.05, 0.1) is 0 Å². The average molecular weight is 458 g/mol. The Morgan fingerprint density at radius 1 is 1.00 bits per heavy atom. The molecule has 1 aliphatic heterocycles. The van der Waals surface area contributed by atoms with E-state index in [1.807, 2.05) is 69.3 Å². The number of aryl methyl sites for hydroxylation is 2. The Balaban J connectivity index is 1.70. The van der Waals surface area contributed by atoms with Gasteiger partial charge in [-0.1, -0.05) is 67.1 Å². The number of urea groups is 1. The summed E-state index contributed by atoms with van der Waals surface area (Å²) in [5.41, 5.74) is 3.94. The molecular weight excluding hydrogens is 430 g/mol. The molecule has 0 aliphatic carbocycles. The van der Waals surface area contributed by atoms with E-state index in [0.29, 0.717) is 11.3 Å². The second-order valence-electron chi connectivity index (χ2n) is 8.63. The highest BCUT2D eigenvalue weighted by atomic mass is 16.3. The van der Waals surface area contributed by atoms with Crippen molar-refractivity contribution in [3.63, 3.8) is 0 Å². The monoisotopic (exact) mass is 457 g/mol. The van der Waals surface area contributed by atoms with E-state index in [9.17, 15) is 19.5 Å². The number of phenolic OH excluding ortho intramolecular Hbond substituents is 1. The van der Waals surface area contributed by atoms with Crippen molar-refractivity contribution in [2.45, 2.75) is 38.8 Å². The van der Waals surface area contributed by atoms with E-state index in [0.717, 1.165) is 21.6 Å². The Hall–Kier alpha value is -4.13. The summed E-state index contributed by atoms with van der Waals surface area (Å²) in [7, 11) is 0. The molecule has 174 valence electrons. The first-order chi connectivity index (χ1) is 16.3. The number of hydrogen-bond acceptors (Lipinski definition) is 4. The zero-order valence-corrected chi connectivity index (χ0v) is 19.3. The first-order valence-corrected chi connectivity index (χ1v) is 11.1. The molecule has 4 amide bonds. The third kappa shape index (κ3) is 4.50. The van der Waals surface area contributed by atoms with Crippen molar-refractivity contribution >= 4 is 23.5 Å². The molecular formula is C27H27N3O4. The van der Waals surface area contributed by atoms with Crippen LogP contribution in [0.1, 0.15) is 41.1 Å². The fraction of sp³-hybridized carbons (Fsp3) is 0.222. The third-order valence-corrected chi connectivity index (χ3v) is 6.18. The molecule has 0 bridgehead atoms. The van der Waals surface area contributed by atoms with Crippen molar-refractivity contribution < 1.29 is 19.5 Å². The molecule has 1 fully saturated rings. The molecule has 1 aliphatic rings. The van der Waals surface area contributed by atoms with Gasteiger partial charge in [-0.2, -0.15) is 0 Å². The van der Waals surface area contributed by atoms with Crippen molar-refractivity contribution in [1.29, 1.82) is 0 Å². The lowest BCUT2D eigenvalue weighted by Gasteiger charge is -2.30. The molecule has 7 nitrogen and oxygen atoms in total. The smallest absolute Gasteiger partial charge is 0.325 e. The minimum Gasteiger partial charge on any atom is -0.508 e. The molecule has 3 aromatic carbocycles. The van der Waals surface area contributed by atoms with Gasteiger partial charge in [-0.05, 0) is 48.7 Å². The zero-order chi connectivity index (χ0) is 24.4. The van der Waals surface area contributed by atoms with E-state index in [2.05, 4.69) is 10.6 Å². The second kappa shape index (κ2) is 9.39. The van der Waals surface area contributed by atoms with E-state index in [-0.39, 0.29) is 5.75 Å². The van der Waals surface area contributed by atoms with Gasteiger partial charge in [0.1, 0.15) is 17.8 Å². The molecule has 7 heteroatoms. The molecule has 0 saturated carbocycles. The van der Waals surface area contributed by atoms with Crippen molar-refractivity contribution in [2.24, 2.45) is 0 Å². The van der Waals surface area contributed by atoms with Crippen molar-refractivity contribution in [3.8, 4) is 5.75 Å². The van der Waals surface area contributed by atoms with Crippen LogP contribution < -0.4 is 10.6 Å². The first kappa shape index (κ1) is 23.0. The number of nitrogens with one attached hydrogen (secondary N) is 2. The molecule has 0 spiro atoms. The highest BCUT2D eigenvalue weighted by Gasteiger charge is 2.47. The molecule has 2 unspecified atom stereocenters. The normalized spacial score (nSPS) is 17.3. The molecule has 1 heterocycles. The lowest BCUT2D eigenvalue weighted by atomic mass is 9.91. The fourth-order valence-corrected chi connectivity index (χ4v) is 4.32. The SMILES string of the molecule is Cc1ccc(NC(=O)C(C(C)c2ccccc2)N2C(=O)N[C@H](c3ccc(O)cc3)C2=O)c(C)c1. The van der Waals surface area contributed by atoms with Gasteiger partial charge in [-0.25, -0.2) is 9.69 Å². The maximum absolute atomic E-state index is 13.6. The van der Waals surface area contributed by atoms with Gasteiger partial charge in [-0.3, -0.25) is 9.59 Å². The van der Waals surface area contributed by atoms with Crippen LogP contribution in [-0.2, 0) is 9.59 Å². The lowest BCUT2D eigenvalue weighted by molar-refractivity contribution is -0.134. The van der Waals surface area contributed by atoms with Crippen molar-refractivity contribution in [2.75, 3.05) is 5.32 Å². The van der Waals surface area contributed by atoms with Gasteiger partial charge in [0.25, 0.3) is 5.91 Å². The topological polar surface area (TPSA) is 98.7 Å². The van der Waals surface area contributed by atoms with Crippen molar-refractivity contribution in [3.05, 3.63) is 95.1 Å². The molecule has 34 heavy (non-hydrogen) atoms. The molecule has 1 saturated heterocycles. The summed E-state index contributed by atoms with van der Waals surface area (Å²) >= 11 is 0. The first-order valence-electron chi connectivity index (χ1n) is 11.1. The second-order valence-corrected chi connectivity index (χ2v) is 8.63. The highest BCUT2D eigenvalue weighted by Crippen LogP contribution is 2.31. The molecule has 3 N–H and O–H groups in total. The van der Waals surface area contributed by atoms with Gasteiger partial charge < -0.3 is 15.7 Å². The van der Waals surface area contributed by atoms with E-state index in [1.54, 1.807) is 12.1 Å². The van der Waals surface area contributed by atoms with Crippen LogP contribution in [0.15, 0.2) is 72.8 Å². The quantitative estimate of drug-likeness (QED) is 0.478.